The summed E-state index contributed by atoms with van der Waals surface area (Å²) in [5.41, 5.74) is 2.50. The number of nitrogens with zero attached hydrogens (tertiary/aromatic N) is 2. The van der Waals surface area contributed by atoms with Crippen LogP contribution in [0.1, 0.15) is 39.9 Å². The summed E-state index contributed by atoms with van der Waals surface area (Å²) >= 11 is 6.07. The molecule has 7 nitrogen and oxygen atoms in total. The monoisotopic (exact) mass is 446 g/mol. The van der Waals surface area contributed by atoms with Gasteiger partial charge in [-0.15, -0.1) is 0 Å². The van der Waals surface area contributed by atoms with Crippen LogP contribution in [0.5, 0.6) is 0 Å². The molecule has 1 unspecified atom stereocenters. The third-order valence-corrected chi connectivity index (χ3v) is 5.74. The highest BCUT2D eigenvalue weighted by Crippen LogP contribution is 2.23. The molecule has 2 aromatic rings. The van der Waals surface area contributed by atoms with Crippen molar-refractivity contribution in [2.75, 3.05) is 26.2 Å². The van der Waals surface area contributed by atoms with Gasteiger partial charge in [-0.25, -0.2) is 4.98 Å². The van der Waals surface area contributed by atoms with Gasteiger partial charge in [0.25, 0.3) is 0 Å². The maximum Gasteiger partial charge on any atom is 0.308 e. The number of hydrogen-bond donors (Lipinski definition) is 3. The number of fused-ring (bicyclic) bond motifs is 1. The molecule has 0 radical (unpaired) electrons. The number of ether oxygens (including phenoxy) is 1. The summed E-state index contributed by atoms with van der Waals surface area (Å²) in [5.74, 6) is 0.546. The predicted molar refractivity (Wildman–Crippen MR) is 124 cm³/mol. The Balaban J connectivity index is 1.62. The Morgan fingerprint density at radius 2 is 2.16 bits per heavy atom. The van der Waals surface area contributed by atoms with E-state index in [0.29, 0.717) is 11.6 Å². The van der Waals surface area contributed by atoms with Crippen LogP contribution in [0.2, 0.25) is 5.02 Å². The number of hydrogen-bond acceptors (Lipinski definition) is 5. The number of carbonyl (C=O) groups is 1. The smallest absolute Gasteiger partial charge is 0.308 e. The molecule has 168 valence electrons. The number of H-pyrrole nitrogens is 1. The summed E-state index contributed by atoms with van der Waals surface area (Å²) in [6.45, 7) is 10.3. The number of aliphatic carboxylic acids is 1. The Hall–Kier alpha value is -2.51. The highest BCUT2D eigenvalue weighted by atomic mass is 35.5. The highest BCUT2D eigenvalue weighted by Gasteiger charge is 2.23. The Labute approximate surface area is 188 Å². The highest BCUT2D eigenvalue weighted by molar-refractivity contribution is 6.31. The largest absolute Gasteiger partial charge is 0.481 e. The summed E-state index contributed by atoms with van der Waals surface area (Å²) in [6.07, 6.45) is 4.94. The van der Waals surface area contributed by atoms with Gasteiger partial charge < -0.3 is 25.0 Å². The zero-order valence-corrected chi connectivity index (χ0v) is 19.3. The third kappa shape index (κ3) is 6.02. The Bertz CT molecular complexity index is 996. The van der Waals surface area contributed by atoms with Crippen molar-refractivity contribution in [2.24, 2.45) is 5.92 Å². The van der Waals surface area contributed by atoms with Crippen molar-refractivity contribution in [1.29, 1.82) is 0 Å². The van der Waals surface area contributed by atoms with Gasteiger partial charge in [0.1, 0.15) is 11.6 Å². The van der Waals surface area contributed by atoms with Crippen molar-refractivity contribution in [3.05, 3.63) is 47.0 Å². The normalized spacial score (nSPS) is 15.3. The quantitative estimate of drug-likeness (QED) is 0.504. The van der Waals surface area contributed by atoms with Gasteiger partial charge in [0, 0.05) is 30.2 Å². The fraction of sp³-hybridized carbons (Fsp3) is 0.478. The van der Waals surface area contributed by atoms with Gasteiger partial charge in [-0.1, -0.05) is 11.6 Å². The Morgan fingerprint density at radius 1 is 1.39 bits per heavy atom. The Kier molecular flexibility index (Phi) is 7.28. The molecule has 8 heteroatoms. The van der Waals surface area contributed by atoms with E-state index in [0.717, 1.165) is 47.8 Å². The Morgan fingerprint density at radius 3 is 2.81 bits per heavy atom. The summed E-state index contributed by atoms with van der Waals surface area (Å²) in [7, 11) is 0. The van der Waals surface area contributed by atoms with Gasteiger partial charge in [0.15, 0.2) is 0 Å². The van der Waals surface area contributed by atoms with Gasteiger partial charge in [0.2, 0.25) is 0 Å². The van der Waals surface area contributed by atoms with Crippen LogP contribution in [0.25, 0.3) is 16.6 Å². The number of dihydropyridines is 1. The van der Waals surface area contributed by atoms with Crippen molar-refractivity contribution < 1.29 is 14.6 Å². The molecule has 1 aromatic carbocycles. The van der Waals surface area contributed by atoms with Crippen molar-refractivity contribution in [2.45, 2.75) is 39.7 Å². The summed E-state index contributed by atoms with van der Waals surface area (Å²) in [4.78, 5) is 21.3. The van der Waals surface area contributed by atoms with Crippen LogP contribution in [-0.2, 0) is 9.53 Å². The maximum absolute atomic E-state index is 11.0. The molecular formula is C23H31ClN4O3. The molecule has 1 atom stereocenters. The van der Waals surface area contributed by atoms with E-state index in [1.807, 2.05) is 32.0 Å². The fourth-order valence-corrected chi connectivity index (χ4v) is 3.52. The number of imidazole rings is 1. The number of benzene rings is 1. The zero-order chi connectivity index (χ0) is 22.6. The van der Waals surface area contributed by atoms with Crippen LogP contribution >= 0.6 is 11.6 Å². The number of rotatable bonds is 10. The molecule has 0 fully saturated rings. The second-order valence-corrected chi connectivity index (χ2v) is 8.92. The van der Waals surface area contributed by atoms with E-state index in [2.05, 4.69) is 39.3 Å². The molecule has 0 spiro atoms. The van der Waals surface area contributed by atoms with Crippen LogP contribution in [-0.4, -0.2) is 57.8 Å². The molecule has 0 aliphatic carbocycles. The standard InChI is InChI=1S/C23H31ClN4O3/c1-5-28(11-10-23(3,4)31-14-15(2)22(29)30)20-9-6-16(13-25-20)21-26-18-8-7-17(24)12-19(18)27-21/h6-9,12,15,25H,5,10-11,13-14H2,1-4H3,(H,26,27)(H,29,30). The summed E-state index contributed by atoms with van der Waals surface area (Å²) in [6, 6.07) is 5.63. The molecule has 0 amide bonds. The predicted octanol–water partition coefficient (Wildman–Crippen LogP) is 4.27. The SMILES string of the molecule is CCN(CCC(C)(C)OCC(C)C(=O)O)C1=CC=C(c2nc3ccc(Cl)cc3[nH]2)CN1. The first-order valence-corrected chi connectivity index (χ1v) is 11.0. The lowest BCUT2D eigenvalue weighted by atomic mass is 10.0. The lowest BCUT2D eigenvalue weighted by molar-refractivity contribution is -0.145. The molecule has 1 aromatic heterocycles. The summed E-state index contributed by atoms with van der Waals surface area (Å²) < 4.78 is 5.87. The average molecular weight is 447 g/mol. The molecule has 31 heavy (non-hydrogen) atoms. The maximum atomic E-state index is 11.0. The molecule has 0 bridgehead atoms. The molecular weight excluding hydrogens is 416 g/mol. The zero-order valence-electron chi connectivity index (χ0n) is 18.5. The van der Waals surface area contributed by atoms with E-state index in [9.17, 15) is 4.79 Å². The number of aromatic nitrogens is 2. The number of aromatic amines is 1. The van der Waals surface area contributed by atoms with E-state index >= 15 is 0 Å². The first-order valence-electron chi connectivity index (χ1n) is 10.6. The second-order valence-electron chi connectivity index (χ2n) is 8.48. The molecule has 1 aliphatic heterocycles. The number of allylic oxidation sites excluding steroid dienone is 2. The third-order valence-electron chi connectivity index (χ3n) is 5.50. The minimum Gasteiger partial charge on any atom is -0.481 e. The molecule has 3 rings (SSSR count). The van der Waals surface area contributed by atoms with Crippen LogP contribution in [0.4, 0.5) is 0 Å². The molecule has 3 N–H and O–H groups in total. The molecule has 1 aliphatic rings. The van der Waals surface area contributed by atoms with E-state index in [1.165, 1.54) is 0 Å². The topological polar surface area (TPSA) is 90.5 Å². The van der Waals surface area contributed by atoms with E-state index in [4.69, 9.17) is 21.4 Å². The van der Waals surface area contributed by atoms with Crippen LogP contribution in [0.15, 0.2) is 36.2 Å². The lowest BCUT2D eigenvalue weighted by Crippen LogP contribution is -2.38. The average Bonchev–Trinajstić information content (AvgIpc) is 3.16. The van der Waals surface area contributed by atoms with Crippen LogP contribution in [0.3, 0.4) is 0 Å². The minimum absolute atomic E-state index is 0.213. The fourth-order valence-electron chi connectivity index (χ4n) is 3.34. The number of carboxylic acid groups (broad SMARTS) is 1. The van der Waals surface area contributed by atoms with E-state index in [-0.39, 0.29) is 6.61 Å². The van der Waals surface area contributed by atoms with Crippen molar-refractivity contribution in [1.82, 2.24) is 20.2 Å². The van der Waals surface area contributed by atoms with Gasteiger partial charge in [0.05, 0.1) is 29.2 Å². The van der Waals surface area contributed by atoms with Crippen molar-refractivity contribution in [3.63, 3.8) is 0 Å². The number of carboxylic acids is 1. The van der Waals surface area contributed by atoms with E-state index < -0.39 is 17.5 Å². The van der Waals surface area contributed by atoms with Crippen LogP contribution in [0, 0.1) is 5.92 Å². The molecule has 0 saturated heterocycles. The first-order chi connectivity index (χ1) is 14.7. The van der Waals surface area contributed by atoms with Gasteiger partial charge in [-0.2, -0.15) is 0 Å². The van der Waals surface area contributed by atoms with Gasteiger partial charge >= 0.3 is 5.97 Å². The number of nitrogens with one attached hydrogen (secondary N) is 2. The second kappa shape index (κ2) is 9.75. The van der Waals surface area contributed by atoms with Gasteiger partial charge in [-0.05, 0) is 64.5 Å². The summed E-state index contributed by atoms with van der Waals surface area (Å²) in [5, 5.41) is 13.2. The van der Waals surface area contributed by atoms with Crippen molar-refractivity contribution in [3.8, 4) is 0 Å². The molecule has 2 heterocycles. The first kappa shape index (κ1) is 23.2. The van der Waals surface area contributed by atoms with E-state index in [1.54, 1.807) is 6.92 Å². The van der Waals surface area contributed by atoms with Crippen molar-refractivity contribution >= 4 is 34.2 Å². The van der Waals surface area contributed by atoms with Crippen LogP contribution < -0.4 is 5.32 Å². The lowest BCUT2D eigenvalue weighted by Gasteiger charge is -2.33. The number of halogens is 1. The minimum atomic E-state index is -0.835. The molecule has 0 saturated carbocycles. The van der Waals surface area contributed by atoms with Gasteiger partial charge in [-0.3, -0.25) is 4.79 Å².